The van der Waals surface area contributed by atoms with E-state index in [1.54, 1.807) is 17.8 Å². The second-order valence-electron chi connectivity index (χ2n) is 9.25. The van der Waals surface area contributed by atoms with Crippen LogP contribution in [0.2, 0.25) is 0 Å². The SMILES string of the molecule is CC(C)Sc1cc(-c2ccc(CC(C)(C)NC[C@H](O)c3ccccc3)cc2)ccc1C(=O)O. The van der Waals surface area contributed by atoms with Gasteiger partial charge in [-0.25, -0.2) is 4.79 Å². The molecule has 0 aliphatic rings. The van der Waals surface area contributed by atoms with E-state index in [1.807, 2.05) is 42.5 Å². The van der Waals surface area contributed by atoms with Gasteiger partial charge < -0.3 is 15.5 Å². The van der Waals surface area contributed by atoms with Gasteiger partial charge in [0.2, 0.25) is 0 Å². The van der Waals surface area contributed by atoms with E-state index in [0.717, 1.165) is 28.0 Å². The summed E-state index contributed by atoms with van der Waals surface area (Å²) in [6.45, 7) is 8.89. The van der Waals surface area contributed by atoms with Crippen molar-refractivity contribution in [3.8, 4) is 11.1 Å². The summed E-state index contributed by atoms with van der Waals surface area (Å²) in [5, 5.41) is 23.7. The second kappa shape index (κ2) is 11.0. The first-order valence-corrected chi connectivity index (χ1v) is 12.1. The highest BCUT2D eigenvalue weighted by Crippen LogP contribution is 2.32. The number of carboxylic acids is 1. The number of β-amino-alcohol motifs (C(OH)–C–C–N with tert-alkyl or cyclic N) is 1. The van der Waals surface area contributed by atoms with Crippen LogP contribution in [0.5, 0.6) is 0 Å². The van der Waals surface area contributed by atoms with Crippen LogP contribution < -0.4 is 5.32 Å². The molecule has 4 nitrogen and oxygen atoms in total. The van der Waals surface area contributed by atoms with Crippen LogP contribution in [0.1, 0.15) is 55.3 Å². The van der Waals surface area contributed by atoms with Gasteiger partial charge in [0.05, 0.1) is 11.7 Å². The van der Waals surface area contributed by atoms with E-state index in [-0.39, 0.29) is 5.54 Å². The third-order valence-corrected chi connectivity index (χ3v) is 6.53. The van der Waals surface area contributed by atoms with Gasteiger partial charge in [0.15, 0.2) is 0 Å². The molecule has 0 aliphatic carbocycles. The molecule has 0 unspecified atom stereocenters. The van der Waals surface area contributed by atoms with Crippen LogP contribution in [0, 0.1) is 0 Å². The molecule has 0 aliphatic heterocycles. The molecule has 33 heavy (non-hydrogen) atoms. The summed E-state index contributed by atoms with van der Waals surface area (Å²) in [5.74, 6) is -0.896. The molecule has 0 saturated heterocycles. The Morgan fingerprint density at radius 2 is 1.61 bits per heavy atom. The largest absolute Gasteiger partial charge is 0.478 e. The lowest BCUT2D eigenvalue weighted by Crippen LogP contribution is -2.43. The maximum Gasteiger partial charge on any atom is 0.336 e. The number of carboxylic acid groups (broad SMARTS) is 1. The molecule has 3 N–H and O–H groups in total. The Kier molecular flexibility index (Phi) is 8.35. The summed E-state index contributed by atoms with van der Waals surface area (Å²) >= 11 is 1.57. The molecule has 3 aromatic carbocycles. The Labute approximate surface area is 201 Å². The Bertz CT molecular complexity index is 1060. The predicted octanol–water partition coefficient (Wildman–Crippen LogP) is 6.20. The van der Waals surface area contributed by atoms with Gasteiger partial charge >= 0.3 is 5.97 Å². The molecule has 1 atom stereocenters. The summed E-state index contributed by atoms with van der Waals surface area (Å²) in [6.07, 6.45) is 0.279. The molecular formula is C28H33NO3S. The smallest absolute Gasteiger partial charge is 0.336 e. The summed E-state index contributed by atoms with van der Waals surface area (Å²) in [6, 6.07) is 23.6. The van der Waals surface area contributed by atoms with Crippen LogP contribution >= 0.6 is 11.8 Å². The average molecular weight is 464 g/mol. The van der Waals surface area contributed by atoms with E-state index in [4.69, 9.17) is 0 Å². The minimum atomic E-state index is -0.896. The van der Waals surface area contributed by atoms with Gasteiger partial charge in [-0.3, -0.25) is 0 Å². The van der Waals surface area contributed by atoms with E-state index in [9.17, 15) is 15.0 Å². The predicted molar refractivity (Wildman–Crippen MR) is 137 cm³/mol. The van der Waals surface area contributed by atoms with E-state index in [0.29, 0.717) is 17.4 Å². The molecule has 0 saturated carbocycles. The van der Waals surface area contributed by atoms with Gasteiger partial charge in [0.1, 0.15) is 0 Å². The molecular weight excluding hydrogens is 430 g/mol. The average Bonchev–Trinajstić information content (AvgIpc) is 2.78. The normalized spacial score (nSPS) is 12.7. The number of thioether (sulfide) groups is 1. The Morgan fingerprint density at radius 3 is 2.21 bits per heavy atom. The van der Waals surface area contributed by atoms with Crippen LogP contribution in [0.3, 0.4) is 0 Å². The highest BCUT2D eigenvalue weighted by Gasteiger charge is 2.20. The van der Waals surface area contributed by atoms with E-state index in [2.05, 4.69) is 57.3 Å². The van der Waals surface area contributed by atoms with E-state index >= 15 is 0 Å². The molecule has 0 spiro atoms. The molecule has 0 bridgehead atoms. The fraction of sp³-hybridized carbons (Fsp3) is 0.321. The second-order valence-corrected chi connectivity index (χ2v) is 10.9. The number of aliphatic hydroxyl groups is 1. The van der Waals surface area contributed by atoms with Gasteiger partial charge in [-0.05, 0) is 54.7 Å². The summed E-state index contributed by atoms with van der Waals surface area (Å²) in [4.78, 5) is 12.4. The molecule has 3 rings (SSSR count). The number of hydrogen-bond donors (Lipinski definition) is 3. The van der Waals surface area contributed by atoms with Crippen LogP contribution in [-0.2, 0) is 6.42 Å². The molecule has 0 fully saturated rings. The highest BCUT2D eigenvalue weighted by atomic mass is 32.2. The van der Waals surface area contributed by atoms with Gasteiger partial charge in [-0.2, -0.15) is 0 Å². The Morgan fingerprint density at radius 1 is 0.970 bits per heavy atom. The number of nitrogens with one attached hydrogen (secondary N) is 1. The minimum absolute atomic E-state index is 0.179. The first-order chi connectivity index (χ1) is 15.6. The zero-order valence-electron chi connectivity index (χ0n) is 19.7. The molecule has 0 aromatic heterocycles. The minimum Gasteiger partial charge on any atom is -0.478 e. The van der Waals surface area contributed by atoms with Gasteiger partial charge in [-0.15, -0.1) is 11.8 Å². The Balaban J connectivity index is 1.67. The van der Waals surface area contributed by atoms with Gasteiger partial charge in [0, 0.05) is 22.2 Å². The molecule has 3 aromatic rings. The monoisotopic (exact) mass is 463 g/mol. The van der Waals surface area contributed by atoms with Crippen LogP contribution in [-0.4, -0.2) is 33.5 Å². The molecule has 0 heterocycles. The molecule has 5 heteroatoms. The third kappa shape index (κ3) is 7.19. The molecule has 0 amide bonds. The van der Waals surface area contributed by atoms with Crippen molar-refractivity contribution < 1.29 is 15.0 Å². The first-order valence-electron chi connectivity index (χ1n) is 11.3. The van der Waals surface area contributed by atoms with Crippen molar-refractivity contribution in [2.75, 3.05) is 6.54 Å². The number of aliphatic hydroxyl groups excluding tert-OH is 1. The maximum absolute atomic E-state index is 11.6. The van der Waals surface area contributed by atoms with Crippen LogP contribution in [0.15, 0.2) is 77.7 Å². The van der Waals surface area contributed by atoms with Gasteiger partial charge in [-0.1, -0.05) is 74.5 Å². The van der Waals surface area contributed by atoms with Crippen molar-refractivity contribution in [1.29, 1.82) is 0 Å². The lowest BCUT2D eigenvalue weighted by molar-refractivity contribution is 0.0693. The maximum atomic E-state index is 11.6. The van der Waals surface area contributed by atoms with Gasteiger partial charge in [0.25, 0.3) is 0 Å². The lowest BCUT2D eigenvalue weighted by atomic mass is 9.93. The zero-order chi connectivity index (χ0) is 24.0. The fourth-order valence-corrected chi connectivity index (χ4v) is 4.77. The number of carbonyl (C=O) groups is 1. The van der Waals surface area contributed by atoms with Crippen molar-refractivity contribution in [1.82, 2.24) is 5.32 Å². The summed E-state index contributed by atoms with van der Waals surface area (Å²) in [7, 11) is 0. The van der Waals surface area contributed by atoms with Crippen molar-refractivity contribution >= 4 is 17.7 Å². The van der Waals surface area contributed by atoms with Crippen LogP contribution in [0.25, 0.3) is 11.1 Å². The van der Waals surface area contributed by atoms with Crippen molar-refractivity contribution in [2.24, 2.45) is 0 Å². The summed E-state index contributed by atoms with van der Waals surface area (Å²) < 4.78 is 0. The van der Waals surface area contributed by atoms with Crippen molar-refractivity contribution in [3.05, 3.63) is 89.5 Å². The quantitative estimate of drug-likeness (QED) is 0.313. The van der Waals surface area contributed by atoms with Crippen molar-refractivity contribution in [3.63, 3.8) is 0 Å². The third-order valence-electron chi connectivity index (χ3n) is 5.47. The number of benzene rings is 3. The Hall–Kier alpha value is -2.60. The first kappa shape index (κ1) is 25.0. The van der Waals surface area contributed by atoms with E-state index < -0.39 is 12.1 Å². The van der Waals surface area contributed by atoms with E-state index in [1.165, 1.54) is 5.56 Å². The zero-order valence-corrected chi connectivity index (χ0v) is 20.5. The highest BCUT2D eigenvalue weighted by molar-refractivity contribution is 8.00. The summed E-state index contributed by atoms with van der Waals surface area (Å²) in [5.41, 5.74) is 4.35. The number of aromatic carboxylic acids is 1. The number of rotatable bonds is 10. The fourth-order valence-electron chi connectivity index (χ4n) is 3.78. The molecule has 174 valence electrons. The lowest BCUT2D eigenvalue weighted by Gasteiger charge is -2.28. The molecule has 0 radical (unpaired) electrons. The standard InChI is InChI=1S/C28H33NO3S/c1-19(2)33-26-16-23(14-15-24(26)27(31)32)21-12-10-20(11-13-21)17-28(3,4)29-18-25(30)22-8-6-5-7-9-22/h5-16,19,25,29-30H,17-18H2,1-4H3,(H,31,32)/t25-/m0/s1. The topological polar surface area (TPSA) is 69.6 Å². The number of hydrogen-bond acceptors (Lipinski definition) is 4. The van der Waals surface area contributed by atoms with Crippen molar-refractivity contribution in [2.45, 2.75) is 55.9 Å². The van der Waals surface area contributed by atoms with Crippen LogP contribution in [0.4, 0.5) is 0 Å².